The van der Waals surface area contributed by atoms with Gasteiger partial charge in [-0.2, -0.15) is 5.10 Å². The minimum atomic E-state index is -0.0263. The van der Waals surface area contributed by atoms with Crippen LogP contribution in [-0.4, -0.2) is 64.1 Å². The molecule has 2 aliphatic rings. The van der Waals surface area contributed by atoms with Crippen molar-refractivity contribution in [3.8, 4) is 0 Å². The Morgan fingerprint density at radius 2 is 1.60 bits per heavy atom. The lowest BCUT2D eigenvalue weighted by Gasteiger charge is -2.36. The first-order chi connectivity index (χ1) is 17.0. The number of para-hydroxylation sites is 1. The summed E-state index contributed by atoms with van der Waals surface area (Å²) < 4.78 is 1.95. The first-order valence-corrected chi connectivity index (χ1v) is 12.5. The van der Waals surface area contributed by atoms with Crippen LogP contribution in [0.3, 0.4) is 0 Å². The highest BCUT2D eigenvalue weighted by Crippen LogP contribution is 2.26. The number of nitrogens with zero attached hydrogens (tertiary/aromatic N) is 5. The maximum absolute atomic E-state index is 13.6. The molecule has 3 heterocycles. The van der Waals surface area contributed by atoms with Gasteiger partial charge in [-0.05, 0) is 56.2 Å². The molecule has 2 aromatic carbocycles. The number of piperazine rings is 1. The molecular formula is C28H33N5O2. The highest BCUT2D eigenvalue weighted by atomic mass is 16.2. The Balaban J connectivity index is 1.34. The Hall–Kier alpha value is -3.61. The second-order valence-corrected chi connectivity index (χ2v) is 9.48. The van der Waals surface area contributed by atoms with Crippen LogP contribution in [0.5, 0.6) is 0 Å². The third-order valence-corrected chi connectivity index (χ3v) is 7.37. The highest BCUT2D eigenvalue weighted by Gasteiger charge is 2.33. The zero-order valence-corrected chi connectivity index (χ0v) is 20.8. The van der Waals surface area contributed by atoms with Crippen LogP contribution in [0.15, 0.2) is 48.5 Å². The molecule has 1 saturated heterocycles. The molecule has 35 heavy (non-hydrogen) atoms. The summed E-state index contributed by atoms with van der Waals surface area (Å²) in [6.45, 7) is 10.8. The fraction of sp³-hybridized carbons (Fsp3) is 0.393. The van der Waals surface area contributed by atoms with E-state index in [0.29, 0.717) is 50.4 Å². The van der Waals surface area contributed by atoms with Crippen molar-refractivity contribution in [3.05, 3.63) is 82.2 Å². The number of hydrogen-bond donors (Lipinski definition) is 0. The lowest BCUT2D eigenvalue weighted by molar-refractivity contribution is 0.0709. The summed E-state index contributed by atoms with van der Waals surface area (Å²) in [4.78, 5) is 33.0. The van der Waals surface area contributed by atoms with Crippen molar-refractivity contribution in [2.24, 2.45) is 0 Å². The van der Waals surface area contributed by atoms with Crippen LogP contribution in [0.2, 0.25) is 0 Å². The lowest BCUT2D eigenvalue weighted by atomic mass is 10.0. The lowest BCUT2D eigenvalue weighted by Crippen LogP contribution is -2.49. The van der Waals surface area contributed by atoms with E-state index in [2.05, 4.69) is 17.0 Å². The molecule has 1 aromatic heterocycles. The number of aryl methyl sites for hydroxylation is 3. The number of hydrogen-bond acceptors (Lipinski definition) is 4. The molecule has 7 heteroatoms. The number of benzene rings is 2. The number of aromatic nitrogens is 2. The SMILES string of the molecule is CCn1nc(C(=O)N2CCN(c3ccccc3)CC2)c2c1CCN(C(=O)c1ccc(C)c(C)c1)C2. The topological polar surface area (TPSA) is 61.7 Å². The van der Waals surface area contributed by atoms with Gasteiger partial charge >= 0.3 is 0 Å². The van der Waals surface area contributed by atoms with Crippen LogP contribution in [-0.2, 0) is 19.5 Å². The number of amides is 2. The number of anilines is 1. The summed E-state index contributed by atoms with van der Waals surface area (Å²) in [6, 6.07) is 16.2. The molecule has 0 N–H and O–H groups in total. The van der Waals surface area contributed by atoms with E-state index in [9.17, 15) is 9.59 Å². The van der Waals surface area contributed by atoms with E-state index in [1.807, 2.05) is 71.7 Å². The average molecular weight is 472 g/mol. The van der Waals surface area contributed by atoms with Crippen LogP contribution in [0.1, 0.15) is 50.2 Å². The van der Waals surface area contributed by atoms with Gasteiger partial charge in [0.15, 0.2) is 5.69 Å². The smallest absolute Gasteiger partial charge is 0.274 e. The maximum atomic E-state index is 13.6. The zero-order chi connectivity index (χ0) is 24.5. The standard InChI is InChI=1S/C28H33N5O2/c1-4-33-25-12-13-32(27(34)22-11-10-20(2)21(3)18-22)19-24(25)26(29-33)28(35)31-16-14-30(15-17-31)23-8-6-5-7-9-23/h5-11,18H,4,12-17,19H2,1-3H3. The first kappa shape index (κ1) is 23.1. The van der Waals surface area contributed by atoms with Crippen LogP contribution in [0.4, 0.5) is 5.69 Å². The molecule has 0 saturated carbocycles. The van der Waals surface area contributed by atoms with Gasteiger partial charge in [-0.15, -0.1) is 0 Å². The second-order valence-electron chi connectivity index (χ2n) is 9.48. The number of carbonyl (C=O) groups excluding carboxylic acids is 2. The van der Waals surface area contributed by atoms with E-state index in [-0.39, 0.29) is 11.8 Å². The molecule has 2 aliphatic heterocycles. The highest BCUT2D eigenvalue weighted by molar-refractivity contribution is 5.96. The Labute approximate surface area is 206 Å². The van der Waals surface area contributed by atoms with E-state index in [1.165, 1.54) is 11.3 Å². The van der Waals surface area contributed by atoms with Gasteiger partial charge < -0.3 is 14.7 Å². The van der Waals surface area contributed by atoms with E-state index in [1.54, 1.807) is 0 Å². The predicted molar refractivity (Wildman–Crippen MR) is 137 cm³/mol. The van der Waals surface area contributed by atoms with E-state index >= 15 is 0 Å². The van der Waals surface area contributed by atoms with Crippen LogP contribution < -0.4 is 4.90 Å². The van der Waals surface area contributed by atoms with E-state index in [0.717, 1.165) is 29.9 Å². The Kier molecular flexibility index (Phi) is 6.32. The third-order valence-electron chi connectivity index (χ3n) is 7.37. The molecule has 0 radical (unpaired) electrons. The summed E-state index contributed by atoms with van der Waals surface area (Å²) in [7, 11) is 0. The Morgan fingerprint density at radius 3 is 2.29 bits per heavy atom. The van der Waals surface area contributed by atoms with E-state index < -0.39 is 0 Å². The van der Waals surface area contributed by atoms with Crippen molar-refractivity contribution in [2.45, 2.75) is 40.3 Å². The molecule has 182 valence electrons. The Morgan fingerprint density at radius 1 is 0.857 bits per heavy atom. The van der Waals surface area contributed by atoms with Gasteiger partial charge in [0.2, 0.25) is 0 Å². The Bertz CT molecular complexity index is 1240. The molecule has 1 fully saturated rings. The molecule has 0 unspecified atom stereocenters. The summed E-state index contributed by atoms with van der Waals surface area (Å²) in [5.74, 6) is -0.0143. The minimum Gasteiger partial charge on any atom is -0.368 e. The first-order valence-electron chi connectivity index (χ1n) is 12.5. The zero-order valence-electron chi connectivity index (χ0n) is 20.8. The third kappa shape index (κ3) is 4.43. The van der Waals surface area contributed by atoms with Crippen molar-refractivity contribution in [1.29, 1.82) is 0 Å². The van der Waals surface area contributed by atoms with Crippen molar-refractivity contribution in [2.75, 3.05) is 37.6 Å². The summed E-state index contributed by atoms with van der Waals surface area (Å²) in [5.41, 5.74) is 6.67. The van der Waals surface area contributed by atoms with Gasteiger partial charge in [0, 0.05) is 68.2 Å². The van der Waals surface area contributed by atoms with Crippen LogP contribution >= 0.6 is 0 Å². The molecular weight excluding hydrogens is 438 g/mol. The predicted octanol–water partition coefficient (Wildman–Crippen LogP) is 3.68. The van der Waals surface area contributed by atoms with Gasteiger partial charge in [0.25, 0.3) is 11.8 Å². The fourth-order valence-electron chi connectivity index (χ4n) is 5.11. The second kappa shape index (κ2) is 9.56. The molecule has 0 spiro atoms. The molecule has 2 amide bonds. The van der Waals surface area contributed by atoms with Gasteiger partial charge in [-0.3, -0.25) is 14.3 Å². The summed E-state index contributed by atoms with van der Waals surface area (Å²) >= 11 is 0. The molecule has 0 bridgehead atoms. The molecule has 5 rings (SSSR count). The van der Waals surface area contributed by atoms with E-state index in [4.69, 9.17) is 5.10 Å². The van der Waals surface area contributed by atoms with Gasteiger partial charge in [0.1, 0.15) is 0 Å². The monoisotopic (exact) mass is 471 g/mol. The van der Waals surface area contributed by atoms with Gasteiger partial charge in [-0.1, -0.05) is 24.3 Å². The molecule has 3 aromatic rings. The molecule has 0 aliphatic carbocycles. The van der Waals surface area contributed by atoms with Crippen molar-refractivity contribution in [3.63, 3.8) is 0 Å². The number of fused-ring (bicyclic) bond motifs is 1. The van der Waals surface area contributed by atoms with Gasteiger partial charge in [0.05, 0.1) is 6.54 Å². The molecule has 0 atom stereocenters. The fourth-order valence-corrected chi connectivity index (χ4v) is 5.11. The maximum Gasteiger partial charge on any atom is 0.274 e. The van der Waals surface area contributed by atoms with Crippen LogP contribution in [0, 0.1) is 13.8 Å². The van der Waals surface area contributed by atoms with Crippen molar-refractivity contribution < 1.29 is 9.59 Å². The number of carbonyl (C=O) groups is 2. The normalized spacial score (nSPS) is 15.8. The average Bonchev–Trinajstić information content (AvgIpc) is 3.28. The van der Waals surface area contributed by atoms with Crippen molar-refractivity contribution >= 4 is 17.5 Å². The van der Waals surface area contributed by atoms with Gasteiger partial charge in [-0.25, -0.2) is 0 Å². The largest absolute Gasteiger partial charge is 0.368 e. The minimum absolute atomic E-state index is 0.0119. The summed E-state index contributed by atoms with van der Waals surface area (Å²) in [6.07, 6.45) is 0.710. The van der Waals surface area contributed by atoms with Crippen molar-refractivity contribution in [1.82, 2.24) is 19.6 Å². The van der Waals surface area contributed by atoms with Crippen LogP contribution in [0.25, 0.3) is 0 Å². The molecule has 7 nitrogen and oxygen atoms in total. The summed E-state index contributed by atoms with van der Waals surface area (Å²) in [5, 5.41) is 4.73. The quantitative estimate of drug-likeness (QED) is 0.582. The number of rotatable bonds is 4.